The first-order valence-electron chi connectivity index (χ1n) is 5.21. The second kappa shape index (κ2) is 5.10. The van der Waals surface area contributed by atoms with Crippen LogP contribution in [0, 0.1) is 17.1 Å². The third-order valence-electron chi connectivity index (χ3n) is 2.29. The van der Waals surface area contributed by atoms with Gasteiger partial charge in [0.25, 0.3) is 15.6 Å². The van der Waals surface area contributed by atoms with Crippen LogP contribution in [-0.4, -0.2) is 18.6 Å². The third kappa shape index (κ3) is 2.65. The molecular weight excluding hydrogens is 287 g/mol. The van der Waals surface area contributed by atoms with Crippen LogP contribution in [0.25, 0.3) is 0 Å². The number of H-pyrrole nitrogens is 1. The van der Waals surface area contributed by atoms with Gasteiger partial charge in [-0.15, -0.1) is 0 Å². The summed E-state index contributed by atoms with van der Waals surface area (Å²) >= 11 is 0. The fourth-order valence-electron chi connectivity index (χ4n) is 1.43. The van der Waals surface area contributed by atoms with Crippen LogP contribution in [0.5, 0.6) is 0 Å². The van der Waals surface area contributed by atoms with E-state index in [1.54, 1.807) is 0 Å². The van der Waals surface area contributed by atoms with Crippen LogP contribution in [0.2, 0.25) is 0 Å². The summed E-state index contributed by atoms with van der Waals surface area (Å²) in [4.78, 5) is 10.3. The average molecular weight is 294 g/mol. The lowest BCUT2D eigenvalue weighted by molar-refractivity contribution is 0.593. The van der Waals surface area contributed by atoms with Crippen molar-refractivity contribution < 1.29 is 12.8 Å². The average Bonchev–Trinajstić information content (AvgIpc) is 2.41. The largest absolute Gasteiger partial charge is 0.268 e. The highest BCUT2D eigenvalue weighted by Crippen LogP contribution is 2.20. The van der Waals surface area contributed by atoms with Gasteiger partial charge in [0.1, 0.15) is 22.3 Å². The van der Waals surface area contributed by atoms with Crippen molar-refractivity contribution in [3.05, 3.63) is 52.1 Å². The third-order valence-corrected chi connectivity index (χ3v) is 3.69. The van der Waals surface area contributed by atoms with Gasteiger partial charge in [-0.05, 0) is 18.2 Å². The molecule has 20 heavy (non-hydrogen) atoms. The van der Waals surface area contributed by atoms with Gasteiger partial charge < -0.3 is 0 Å². The lowest BCUT2D eigenvalue weighted by atomic mass is 10.2. The van der Waals surface area contributed by atoms with E-state index in [9.17, 15) is 17.6 Å². The van der Waals surface area contributed by atoms with E-state index >= 15 is 0 Å². The molecule has 1 heterocycles. The summed E-state index contributed by atoms with van der Waals surface area (Å²) in [6, 6.07) is 6.95. The van der Waals surface area contributed by atoms with E-state index in [0.29, 0.717) is 0 Å². The maximum Gasteiger partial charge on any atom is 0.264 e. The van der Waals surface area contributed by atoms with Crippen LogP contribution < -0.4 is 10.3 Å². The molecule has 2 rings (SSSR count). The summed E-state index contributed by atoms with van der Waals surface area (Å²) in [7, 11) is -4.19. The monoisotopic (exact) mass is 294 g/mol. The number of aromatic nitrogens is 2. The van der Waals surface area contributed by atoms with Gasteiger partial charge in [0.05, 0.1) is 0 Å². The lowest BCUT2D eigenvalue weighted by Crippen LogP contribution is -2.17. The maximum atomic E-state index is 13.4. The number of hydrogen-bond donors (Lipinski definition) is 2. The number of hydrogen-bond acceptors (Lipinski definition) is 5. The Labute approximate surface area is 112 Å². The molecule has 102 valence electrons. The van der Waals surface area contributed by atoms with Crippen molar-refractivity contribution in [1.29, 1.82) is 5.26 Å². The Bertz CT molecular complexity index is 834. The van der Waals surface area contributed by atoms with E-state index in [2.05, 4.69) is 5.10 Å². The predicted molar refractivity (Wildman–Crippen MR) is 66.8 cm³/mol. The summed E-state index contributed by atoms with van der Waals surface area (Å²) in [5.74, 6) is -1.09. The van der Waals surface area contributed by atoms with Crippen LogP contribution >= 0.6 is 0 Å². The van der Waals surface area contributed by atoms with E-state index in [4.69, 9.17) is 5.26 Å². The molecule has 0 aliphatic rings. The first-order valence-corrected chi connectivity index (χ1v) is 6.69. The zero-order valence-corrected chi connectivity index (χ0v) is 10.6. The van der Waals surface area contributed by atoms with E-state index in [1.165, 1.54) is 12.1 Å². The van der Waals surface area contributed by atoms with Gasteiger partial charge >= 0.3 is 0 Å². The molecule has 1 aromatic carbocycles. The molecule has 0 fully saturated rings. The second-order valence-corrected chi connectivity index (χ2v) is 5.29. The molecule has 2 N–H and O–H groups in total. The van der Waals surface area contributed by atoms with Crippen LogP contribution in [0.4, 0.5) is 10.2 Å². The minimum Gasteiger partial charge on any atom is -0.268 e. The van der Waals surface area contributed by atoms with Gasteiger partial charge in [0.15, 0.2) is 5.82 Å². The minimum atomic E-state index is -4.19. The molecule has 0 bridgehead atoms. The molecule has 1 aromatic heterocycles. The van der Waals surface area contributed by atoms with Crippen molar-refractivity contribution in [3.8, 4) is 6.07 Å². The fraction of sp³-hybridized carbons (Fsp3) is 0. The van der Waals surface area contributed by atoms with Crippen molar-refractivity contribution in [1.82, 2.24) is 10.2 Å². The van der Waals surface area contributed by atoms with E-state index in [0.717, 1.165) is 24.3 Å². The van der Waals surface area contributed by atoms with E-state index < -0.39 is 31.9 Å². The second-order valence-electron chi connectivity index (χ2n) is 3.64. The summed E-state index contributed by atoms with van der Waals surface area (Å²) in [5, 5.41) is 14.3. The first-order chi connectivity index (χ1) is 9.44. The minimum absolute atomic E-state index is 0.155. The number of halogens is 1. The summed E-state index contributed by atoms with van der Waals surface area (Å²) in [6.07, 6.45) is 0. The van der Waals surface area contributed by atoms with Gasteiger partial charge in [-0.2, -0.15) is 10.4 Å². The molecular formula is C11H7FN4O3S. The Morgan fingerprint density at radius 3 is 2.65 bits per heavy atom. The highest BCUT2D eigenvalue weighted by atomic mass is 32.2. The van der Waals surface area contributed by atoms with E-state index in [-0.39, 0.29) is 5.82 Å². The fourth-order valence-corrected chi connectivity index (χ4v) is 2.60. The molecule has 0 unspecified atom stereocenters. The molecule has 0 radical (unpaired) electrons. The maximum absolute atomic E-state index is 13.4. The number of nitriles is 1. The number of rotatable bonds is 3. The number of aromatic amines is 1. The predicted octanol–water partition coefficient (Wildman–Crippen LogP) is 0.581. The van der Waals surface area contributed by atoms with Gasteiger partial charge in [-0.3, -0.25) is 9.52 Å². The number of anilines is 1. The highest BCUT2D eigenvalue weighted by Gasteiger charge is 2.21. The van der Waals surface area contributed by atoms with Crippen LogP contribution in [-0.2, 0) is 10.0 Å². The van der Waals surface area contributed by atoms with Crippen LogP contribution in [0.3, 0.4) is 0 Å². The topological polar surface area (TPSA) is 116 Å². The van der Waals surface area contributed by atoms with Crippen molar-refractivity contribution in [2.75, 3.05) is 4.72 Å². The summed E-state index contributed by atoms with van der Waals surface area (Å²) in [6.45, 7) is 0. The molecule has 2 aromatic rings. The summed E-state index contributed by atoms with van der Waals surface area (Å²) in [5.41, 5.74) is -1.10. The Morgan fingerprint density at radius 1 is 1.30 bits per heavy atom. The van der Waals surface area contributed by atoms with Crippen molar-refractivity contribution in [2.24, 2.45) is 0 Å². The summed E-state index contributed by atoms with van der Waals surface area (Å²) < 4.78 is 39.5. The van der Waals surface area contributed by atoms with Crippen LogP contribution in [0.15, 0.2) is 40.0 Å². The molecule has 7 nitrogen and oxygen atoms in total. The zero-order valence-electron chi connectivity index (χ0n) is 9.79. The molecule has 0 amide bonds. The lowest BCUT2D eigenvalue weighted by Gasteiger charge is -2.08. The number of sulfonamides is 1. The number of benzene rings is 1. The quantitative estimate of drug-likeness (QED) is 0.859. The van der Waals surface area contributed by atoms with Gasteiger partial charge in [-0.1, -0.05) is 6.07 Å². The molecule has 0 atom stereocenters. The van der Waals surface area contributed by atoms with Crippen molar-refractivity contribution >= 4 is 15.8 Å². The molecule has 0 aliphatic carbocycles. The Kier molecular flexibility index (Phi) is 3.49. The number of nitrogens with one attached hydrogen (secondary N) is 2. The SMILES string of the molecule is N#Cc1c(F)cccc1S(=O)(=O)Nc1ccc(=O)[nH]n1. The Balaban J connectivity index is 2.46. The standard InChI is InChI=1S/C11H7FN4O3S/c12-8-2-1-3-9(7(8)6-13)20(18,19)16-10-4-5-11(17)15-14-10/h1-5H,(H,14,16)(H,15,17). The van der Waals surface area contributed by atoms with Crippen molar-refractivity contribution in [3.63, 3.8) is 0 Å². The molecule has 0 saturated heterocycles. The molecule has 0 aliphatic heterocycles. The molecule has 0 saturated carbocycles. The van der Waals surface area contributed by atoms with Crippen molar-refractivity contribution in [2.45, 2.75) is 4.90 Å². The normalized spacial score (nSPS) is 10.8. The van der Waals surface area contributed by atoms with Gasteiger partial charge in [0, 0.05) is 6.07 Å². The van der Waals surface area contributed by atoms with Gasteiger partial charge in [0.2, 0.25) is 0 Å². The molecule has 0 spiro atoms. The molecule has 9 heteroatoms. The Hall–Kier alpha value is -2.73. The van der Waals surface area contributed by atoms with Crippen LogP contribution in [0.1, 0.15) is 5.56 Å². The van der Waals surface area contributed by atoms with E-state index in [1.807, 2.05) is 9.82 Å². The highest BCUT2D eigenvalue weighted by molar-refractivity contribution is 7.92. The Morgan fingerprint density at radius 2 is 2.05 bits per heavy atom. The first kappa shape index (κ1) is 13.7. The zero-order chi connectivity index (χ0) is 14.8. The smallest absolute Gasteiger partial charge is 0.264 e. The van der Waals surface area contributed by atoms with Gasteiger partial charge in [-0.25, -0.2) is 17.9 Å². The number of nitrogens with zero attached hydrogens (tertiary/aromatic N) is 2.